The van der Waals surface area contributed by atoms with Crippen molar-refractivity contribution < 1.29 is 19.7 Å². The van der Waals surface area contributed by atoms with Crippen molar-refractivity contribution >= 4 is 35.1 Å². The van der Waals surface area contributed by atoms with Gasteiger partial charge in [0.15, 0.2) is 5.75 Å². The summed E-state index contributed by atoms with van der Waals surface area (Å²) in [5.41, 5.74) is 2.47. The molecule has 3 fully saturated rings. The molecule has 3 aliphatic rings. The van der Waals surface area contributed by atoms with E-state index in [2.05, 4.69) is 24.7 Å². The maximum absolute atomic E-state index is 11.1. The van der Waals surface area contributed by atoms with Crippen molar-refractivity contribution in [1.82, 2.24) is 24.8 Å². The van der Waals surface area contributed by atoms with Crippen LogP contribution in [0.25, 0.3) is 11.3 Å². The number of aliphatic hydroxyl groups is 1. The number of rotatable bonds is 8. The first-order valence-electron chi connectivity index (χ1n) is 14.4. The van der Waals surface area contributed by atoms with Gasteiger partial charge in [-0.15, -0.1) is 0 Å². The molecule has 0 saturated carbocycles. The molecular weight excluding hydrogens is 579 g/mol. The summed E-state index contributed by atoms with van der Waals surface area (Å²) < 4.78 is 6.17. The van der Waals surface area contributed by atoms with Gasteiger partial charge in [-0.05, 0) is 68.1 Å². The fourth-order valence-electron chi connectivity index (χ4n) is 6.25. The second-order valence-corrected chi connectivity index (χ2v) is 12.4. The van der Waals surface area contributed by atoms with E-state index in [1.165, 1.54) is 0 Å². The topological polar surface area (TPSA) is 115 Å². The molecule has 3 aromatic rings. The zero-order valence-electron chi connectivity index (χ0n) is 23.2. The van der Waals surface area contributed by atoms with Crippen LogP contribution in [0.4, 0.5) is 5.95 Å². The van der Waals surface area contributed by atoms with Gasteiger partial charge in [-0.1, -0.05) is 23.2 Å². The van der Waals surface area contributed by atoms with E-state index in [9.17, 15) is 9.90 Å². The molecule has 2 aromatic heterocycles. The third-order valence-corrected chi connectivity index (χ3v) is 8.75. The lowest BCUT2D eigenvalue weighted by Crippen LogP contribution is -2.50. The molecule has 1 aromatic carbocycles. The van der Waals surface area contributed by atoms with Crippen molar-refractivity contribution in [1.29, 1.82) is 0 Å². The number of aromatic nitrogens is 3. The van der Waals surface area contributed by atoms with Crippen LogP contribution in [0.5, 0.6) is 11.6 Å². The lowest BCUT2D eigenvalue weighted by molar-refractivity contribution is -0.138. The Hall–Kier alpha value is -3.02. The summed E-state index contributed by atoms with van der Waals surface area (Å²) in [5.74, 6) is 1.01. The minimum atomic E-state index is -0.734. The molecule has 0 spiro atoms. The van der Waals surface area contributed by atoms with Crippen LogP contribution in [0.3, 0.4) is 0 Å². The van der Waals surface area contributed by atoms with Crippen LogP contribution < -0.4 is 9.64 Å². The number of piperidine rings is 1. The Morgan fingerprint density at radius 2 is 1.71 bits per heavy atom. The second-order valence-electron chi connectivity index (χ2n) is 11.5. The maximum atomic E-state index is 11.1. The lowest BCUT2D eigenvalue weighted by Gasteiger charge is -2.37. The van der Waals surface area contributed by atoms with Crippen molar-refractivity contribution in [2.75, 3.05) is 44.2 Å². The molecule has 0 aliphatic carbocycles. The van der Waals surface area contributed by atoms with E-state index in [1.54, 1.807) is 18.5 Å². The normalized spacial score (nSPS) is 21.8. The molecule has 0 bridgehead atoms. The number of nitrogens with zero attached hydrogens (tertiary/aromatic N) is 6. The first-order valence-corrected chi connectivity index (χ1v) is 15.1. The predicted molar refractivity (Wildman–Crippen MR) is 160 cm³/mol. The third kappa shape index (κ3) is 7.12. The van der Waals surface area contributed by atoms with Gasteiger partial charge >= 0.3 is 5.97 Å². The highest BCUT2D eigenvalue weighted by Crippen LogP contribution is 2.31. The molecule has 2 atom stereocenters. The van der Waals surface area contributed by atoms with E-state index in [4.69, 9.17) is 38.0 Å². The summed E-state index contributed by atoms with van der Waals surface area (Å²) in [6.07, 6.45) is 5.79. The molecular formula is C30H34Cl2N6O4. The number of hydrogen-bond donors (Lipinski definition) is 2. The molecule has 222 valence electrons. The molecule has 6 rings (SSSR count). The van der Waals surface area contributed by atoms with E-state index in [0.717, 1.165) is 69.7 Å². The minimum absolute atomic E-state index is 0.218. The third-order valence-electron chi connectivity index (χ3n) is 8.31. The van der Waals surface area contributed by atoms with E-state index in [-0.39, 0.29) is 18.4 Å². The molecule has 0 amide bonds. The largest absolute Gasteiger partial charge is 0.481 e. The number of carbonyl (C=O) groups is 1. The Labute approximate surface area is 254 Å². The Bertz CT molecular complexity index is 1400. The van der Waals surface area contributed by atoms with Gasteiger partial charge in [0.1, 0.15) is 0 Å². The van der Waals surface area contributed by atoms with Crippen LogP contribution in [-0.2, 0) is 11.3 Å². The minimum Gasteiger partial charge on any atom is -0.481 e. The summed E-state index contributed by atoms with van der Waals surface area (Å²) in [6, 6.07) is 9.57. The number of likely N-dealkylation sites (tertiary alicyclic amines) is 1. The zero-order chi connectivity index (χ0) is 29.2. The molecule has 0 unspecified atom stereocenters. The van der Waals surface area contributed by atoms with Gasteiger partial charge in [0, 0.05) is 66.9 Å². The number of piperazine rings is 1. The number of aliphatic hydroxyl groups excluding tert-OH is 1. The smallest absolute Gasteiger partial charge is 0.303 e. The SMILES string of the molecule is O=C(O)CC1CCN(Cc2cc(Oc3cnc(N4CCN5C[C@H](O)C[C@H]5C4)nc3)nc(-c3cc(Cl)cc(Cl)c3)c2)CC1. The van der Waals surface area contributed by atoms with Crippen LogP contribution in [-0.4, -0.2) is 92.3 Å². The number of anilines is 1. The monoisotopic (exact) mass is 612 g/mol. The molecule has 2 N–H and O–H groups in total. The number of pyridine rings is 1. The predicted octanol–water partition coefficient (Wildman–Crippen LogP) is 4.58. The summed E-state index contributed by atoms with van der Waals surface area (Å²) in [5, 5.41) is 20.2. The van der Waals surface area contributed by atoms with Crippen LogP contribution in [0, 0.1) is 5.92 Å². The maximum Gasteiger partial charge on any atom is 0.303 e. The van der Waals surface area contributed by atoms with Gasteiger partial charge in [0.05, 0.1) is 24.2 Å². The van der Waals surface area contributed by atoms with E-state index in [0.29, 0.717) is 45.9 Å². The molecule has 10 nitrogen and oxygen atoms in total. The number of carboxylic acid groups (broad SMARTS) is 1. The Kier molecular flexibility index (Phi) is 8.78. The van der Waals surface area contributed by atoms with Gasteiger partial charge in [0.25, 0.3) is 0 Å². The average Bonchev–Trinajstić information content (AvgIpc) is 3.33. The highest BCUT2D eigenvalue weighted by Gasteiger charge is 2.36. The lowest BCUT2D eigenvalue weighted by atomic mass is 9.93. The van der Waals surface area contributed by atoms with Gasteiger partial charge in [-0.2, -0.15) is 0 Å². The van der Waals surface area contributed by atoms with Crippen molar-refractivity contribution in [3.63, 3.8) is 0 Å². The Morgan fingerprint density at radius 1 is 0.976 bits per heavy atom. The van der Waals surface area contributed by atoms with Crippen molar-refractivity contribution in [3.8, 4) is 22.9 Å². The van der Waals surface area contributed by atoms with Gasteiger partial charge in [-0.25, -0.2) is 15.0 Å². The van der Waals surface area contributed by atoms with Crippen LogP contribution >= 0.6 is 23.2 Å². The van der Waals surface area contributed by atoms with Crippen molar-refractivity contribution in [3.05, 3.63) is 58.3 Å². The summed E-state index contributed by atoms with van der Waals surface area (Å²) in [4.78, 5) is 31.8. The highest BCUT2D eigenvalue weighted by atomic mass is 35.5. The van der Waals surface area contributed by atoms with E-state index >= 15 is 0 Å². The number of hydrogen-bond acceptors (Lipinski definition) is 9. The van der Waals surface area contributed by atoms with Crippen LogP contribution in [0.2, 0.25) is 10.0 Å². The first kappa shape index (κ1) is 29.1. The summed E-state index contributed by atoms with van der Waals surface area (Å²) in [6.45, 7) is 5.57. The fourth-order valence-corrected chi connectivity index (χ4v) is 6.78. The highest BCUT2D eigenvalue weighted by molar-refractivity contribution is 6.35. The number of benzene rings is 1. The number of halogens is 2. The molecule has 42 heavy (non-hydrogen) atoms. The average molecular weight is 614 g/mol. The zero-order valence-corrected chi connectivity index (χ0v) is 24.7. The molecule has 0 radical (unpaired) electrons. The molecule has 12 heteroatoms. The number of ether oxygens (including phenoxy) is 1. The first-order chi connectivity index (χ1) is 20.3. The standard InChI is InChI=1S/C30H34Cl2N6O4/c31-22-10-21(11-23(32)12-22)27-7-20(16-36-3-1-19(2-4-36)9-29(40)41)8-28(35-27)42-26-14-33-30(34-15-26)38-6-5-37-18-25(39)13-24(37)17-38/h7-8,10-12,14-15,19,24-25,39H,1-6,9,13,16-18H2,(H,40,41)/t24-,25+/m0/s1. The number of fused-ring (bicyclic) bond motifs is 1. The molecule has 5 heterocycles. The summed E-state index contributed by atoms with van der Waals surface area (Å²) >= 11 is 12.6. The summed E-state index contributed by atoms with van der Waals surface area (Å²) in [7, 11) is 0. The van der Waals surface area contributed by atoms with E-state index in [1.807, 2.05) is 24.3 Å². The number of aliphatic carboxylic acids is 1. The second kappa shape index (κ2) is 12.7. The van der Waals surface area contributed by atoms with Crippen LogP contribution in [0.1, 0.15) is 31.2 Å². The molecule has 3 aliphatic heterocycles. The Morgan fingerprint density at radius 3 is 2.43 bits per heavy atom. The van der Waals surface area contributed by atoms with E-state index < -0.39 is 5.97 Å². The van der Waals surface area contributed by atoms with Gasteiger partial charge in [-0.3, -0.25) is 14.6 Å². The van der Waals surface area contributed by atoms with Gasteiger partial charge in [0.2, 0.25) is 11.8 Å². The Balaban J connectivity index is 1.19. The van der Waals surface area contributed by atoms with Crippen molar-refractivity contribution in [2.24, 2.45) is 5.92 Å². The quantitative estimate of drug-likeness (QED) is 0.374. The van der Waals surface area contributed by atoms with Gasteiger partial charge < -0.3 is 19.8 Å². The van der Waals surface area contributed by atoms with Crippen molar-refractivity contribution in [2.45, 2.75) is 44.4 Å². The molecule has 3 saturated heterocycles. The number of carboxylic acids is 1. The van der Waals surface area contributed by atoms with Crippen LogP contribution in [0.15, 0.2) is 42.7 Å². The fraction of sp³-hybridized carbons (Fsp3) is 0.467.